The minimum Gasteiger partial charge on any atom is -0.258 e. The Morgan fingerprint density at radius 2 is 1.93 bits per heavy atom. The monoisotopic (exact) mass is 223 g/mol. The van der Waals surface area contributed by atoms with Crippen molar-refractivity contribution in [3.05, 3.63) is 38.2 Å². The summed E-state index contributed by atoms with van der Waals surface area (Å²) in [5.41, 5.74) is -2.15. The second-order valence-corrected chi connectivity index (χ2v) is 2.32. The molecule has 1 rings (SSSR count). The number of hydrogen-bond donors (Lipinski definition) is 0. The molecule has 0 amide bonds. The molecule has 0 fully saturated rings. The molecular formula is C4H3F2N5O4. The number of hydrogen-bond acceptors (Lipinski definition) is 6. The summed E-state index contributed by atoms with van der Waals surface area (Å²) in [5, 5.41) is 23.4. The molecule has 0 unspecified atom stereocenters. The summed E-state index contributed by atoms with van der Waals surface area (Å²) >= 11 is 0. The number of nitrogens with zero attached hydrogens (tertiary/aromatic N) is 5. The summed E-state index contributed by atoms with van der Waals surface area (Å²) < 4.78 is 23.7. The zero-order valence-corrected chi connectivity index (χ0v) is 6.86. The van der Waals surface area contributed by atoms with Crippen LogP contribution in [0.15, 0.2) is 12.3 Å². The van der Waals surface area contributed by atoms with Crippen LogP contribution in [-0.4, -0.2) is 19.7 Å². The summed E-state index contributed by atoms with van der Waals surface area (Å²) in [4.78, 5) is 18.0. The van der Waals surface area contributed by atoms with Gasteiger partial charge >= 0.3 is 6.17 Å². The standard InChI is InChI=1S/C4H3F2N5O4/c5-11(6)8-2-1-3(7-8)4(9(12)13)10(14)15/h1-2,4H. The van der Waals surface area contributed by atoms with Crippen LogP contribution in [0.3, 0.4) is 0 Å². The Morgan fingerprint density at radius 1 is 1.40 bits per heavy atom. The van der Waals surface area contributed by atoms with Gasteiger partial charge in [0.1, 0.15) is 9.85 Å². The third-order valence-corrected chi connectivity index (χ3v) is 1.42. The molecule has 1 aromatic rings. The van der Waals surface area contributed by atoms with Gasteiger partial charge in [0.2, 0.25) is 5.69 Å². The van der Waals surface area contributed by atoms with E-state index in [1.54, 1.807) is 0 Å². The van der Waals surface area contributed by atoms with Crippen molar-refractivity contribution in [2.24, 2.45) is 0 Å². The van der Waals surface area contributed by atoms with Gasteiger partial charge in [0.15, 0.2) is 0 Å². The molecule has 0 saturated carbocycles. The lowest BCUT2D eigenvalue weighted by Gasteiger charge is -1.99. The normalized spacial score (nSPS) is 10.3. The Balaban J connectivity index is 3.02. The predicted molar refractivity (Wildman–Crippen MR) is 39.4 cm³/mol. The molecule has 0 N–H and O–H groups in total. The van der Waals surface area contributed by atoms with E-state index in [1.165, 1.54) is 0 Å². The van der Waals surface area contributed by atoms with Gasteiger partial charge in [0.05, 0.1) is 11.7 Å². The van der Waals surface area contributed by atoms with Crippen LogP contribution in [0, 0.1) is 20.2 Å². The predicted octanol–water partition coefficient (Wildman–Crippen LogP) is 0.142. The molecule has 11 heteroatoms. The van der Waals surface area contributed by atoms with E-state index in [-0.39, 0.29) is 4.79 Å². The van der Waals surface area contributed by atoms with E-state index in [0.717, 1.165) is 6.07 Å². The molecule has 0 aliphatic heterocycles. The number of nitro groups is 2. The van der Waals surface area contributed by atoms with Gasteiger partial charge in [-0.05, 0) is 15.0 Å². The van der Waals surface area contributed by atoms with Crippen LogP contribution in [0.2, 0.25) is 0 Å². The molecule has 15 heavy (non-hydrogen) atoms. The average Bonchev–Trinajstić information content (AvgIpc) is 2.51. The first kappa shape index (κ1) is 10.7. The quantitative estimate of drug-likeness (QED) is 0.311. The SMILES string of the molecule is O=[N+]([O-])C(c1ccn(N(F)F)n1)[N+](=O)[O-]. The van der Waals surface area contributed by atoms with E-state index in [2.05, 4.69) is 5.10 Å². The van der Waals surface area contributed by atoms with Crippen molar-refractivity contribution in [1.29, 1.82) is 0 Å². The highest BCUT2D eigenvalue weighted by molar-refractivity contribution is 5.00. The van der Waals surface area contributed by atoms with Gasteiger partial charge < -0.3 is 0 Å². The zero-order chi connectivity index (χ0) is 11.6. The van der Waals surface area contributed by atoms with Crippen LogP contribution >= 0.6 is 0 Å². The summed E-state index contributed by atoms with van der Waals surface area (Å²) in [7, 11) is 0. The fourth-order valence-electron chi connectivity index (χ4n) is 0.843. The lowest BCUT2D eigenvalue weighted by atomic mass is 10.4. The van der Waals surface area contributed by atoms with E-state index in [4.69, 9.17) is 0 Å². The Hall–Kier alpha value is -2.33. The topological polar surface area (TPSA) is 107 Å². The molecule has 0 aromatic carbocycles. The summed E-state index contributed by atoms with van der Waals surface area (Å²) in [6.45, 7) is 0. The minimum absolute atomic E-state index is 0.0602. The highest BCUT2D eigenvalue weighted by atomic mass is 19.4. The molecule has 0 radical (unpaired) electrons. The molecule has 1 heterocycles. The Bertz CT molecular complexity index is 378. The maximum Gasteiger partial charge on any atom is 0.494 e. The minimum atomic E-state index is -2.34. The van der Waals surface area contributed by atoms with Crippen molar-refractivity contribution in [1.82, 2.24) is 9.89 Å². The fraction of sp³-hybridized carbons (Fsp3) is 0.250. The van der Waals surface area contributed by atoms with E-state index in [0.29, 0.717) is 6.20 Å². The lowest BCUT2D eigenvalue weighted by molar-refractivity contribution is -0.753. The van der Waals surface area contributed by atoms with Crippen molar-refractivity contribution in [2.45, 2.75) is 6.17 Å². The van der Waals surface area contributed by atoms with Crippen molar-refractivity contribution in [2.75, 3.05) is 5.45 Å². The van der Waals surface area contributed by atoms with Crippen LogP contribution < -0.4 is 5.45 Å². The Morgan fingerprint density at radius 3 is 2.27 bits per heavy atom. The molecule has 1 aromatic heterocycles. The van der Waals surface area contributed by atoms with Crippen LogP contribution in [0.4, 0.5) is 8.96 Å². The van der Waals surface area contributed by atoms with Crippen molar-refractivity contribution >= 4 is 0 Å². The summed E-state index contributed by atoms with van der Waals surface area (Å²) in [6, 6.07) is 0.766. The van der Waals surface area contributed by atoms with Gasteiger partial charge in [0, 0.05) is 0 Å². The van der Waals surface area contributed by atoms with Gasteiger partial charge in [-0.15, -0.1) is 9.89 Å². The van der Waals surface area contributed by atoms with Gasteiger partial charge in [0.25, 0.3) is 0 Å². The Kier molecular flexibility index (Phi) is 2.73. The van der Waals surface area contributed by atoms with Crippen LogP contribution in [-0.2, 0) is 0 Å². The van der Waals surface area contributed by atoms with Gasteiger partial charge in [-0.1, -0.05) is 0 Å². The van der Waals surface area contributed by atoms with E-state index >= 15 is 0 Å². The smallest absolute Gasteiger partial charge is 0.258 e. The first-order valence-corrected chi connectivity index (χ1v) is 3.38. The zero-order valence-electron chi connectivity index (χ0n) is 6.86. The first-order valence-electron chi connectivity index (χ1n) is 3.38. The van der Waals surface area contributed by atoms with E-state index < -0.39 is 27.2 Å². The highest BCUT2D eigenvalue weighted by Gasteiger charge is 2.37. The number of rotatable bonds is 4. The van der Waals surface area contributed by atoms with Crippen molar-refractivity contribution in [3.63, 3.8) is 0 Å². The average molecular weight is 223 g/mol. The molecule has 0 saturated heterocycles. The molecule has 9 nitrogen and oxygen atoms in total. The van der Waals surface area contributed by atoms with Crippen LogP contribution in [0.5, 0.6) is 0 Å². The third-order valence-electron chi connectivity index (χ3n) is 1.42. The Labute approximate surface area is 79.6 Å². The van der Waals surface area contributed by atoms with Crippen LogP contribution in [0.25, 0.3) is 0 Å². The second kappa shape index (κ2) is 3.81. The number of halogens is 2. The van der Waals surface area contributed by atoms with Gasteiger partial charge in [-0.2, -0.15) is 0 Å². The third kappa shape index (κ3) is 2.12. The second-order valence-electron chi connectivity index (χ2n) is 2.32. The molecule has 82 valence electrons. The molecule has 0 aliphatic carbocycles. The maximum absolute atomic E-state index is 11.8. The van der Waals surface area contributed by atoms with Crippen LogP contribution in [0.1, 0.15) is 11.9 Å². The first-order chi connectivity index (χ1) is 6.93. The van der Waals surface area contributed by atoms with Crippen molar-refractivity contribution in [3.8, 4) is 0 Å². The summed E-state index contributed by atoms with van der Waals surface area (Å²) in [6.07, 6.45) is -1.68. The van der Waals surface area contributed by atoms with Gasteiger partial charge in [-0.25, -0.2) is 0 Å². The molecule has 0 spiro atoms. The molecule has 0 aliphatic rings. The van der Waals surface area contributed by atoms with E-state index in [1.807, 2.05) is 0 Å². The molecular weight excluding hydrogens is 220 g/mol. The highest BCUT2D eigenvalue weighted by Crippen LogP contribution is 2.14. The lowest BCUT2D eigenvalue weighted by Crippen LogP contribution is -2.22. The van der Waals surface area contributed by atoms with Gasteiger partial charge in [-0.3, -0.25) is 20.2 Å². The van der Waals surface area contributed by atoms with Crippen molar-refractivity contribution < 1.29 is 18.8 Å². The maximum atomic E-state index is 11.8. The summed E-state index contributed by atoms with van der Waals surface area (Å²) in [5.74, 6) is 0. The molecule has 0 bridgehead atoms. The van der Waals surface area contributed by atoms with E-state index in [9.17, 15) is 29.2 Å². The largest absolute Gasteiger partial charge is 0.494 e. The molecule has 0 atom stereocenters. The number of aromatic nitrogens is 2. The fourth-order valence-corrected chi connectivity index (χ4v) is 0.843.